The Labute approximate surface area is 266 Å². The lowest BCUT2D eigenvalue weighted by molar-refractivity contribution is 0.304. The third-order valence-electron chi connectivity index (χ3n) is 7.90. The molecular weight excluding hydrogens is 644 g/mol. The molecule has 1 aromatic heterocycles. The maximum absolute atomic E-state index is 14.1. The predicted molar refractivity (Wildman–Crippen MR) is 176 cm³/mol. The van der Waals surface area contributed by atoms with Crippen molar-refractivity contribution in [2.24, 2.45) is 4.99 Å². The summed E-state index contributed by atoms with van der Waals surface area (Å²) in [5.41, 5.74) is 7.21. The molecule has 2 aliphatic rings. The van der Waals surface area contributed by atoms with Crippen LogP contribution >= 0.6 is 38.9 Å². The van der Waals surface area contributed by atoms with Crippen molar-refractivity contribution in [3.05, 3.63) is 154 Å². The van der Waals surface area contributed by atoms with Crippen molar-refractivity contribution >= 4 is 50.6 Å². The highest BCUT2D eigenvalue weighted by Crippen LogP contribution is 2.43. The molecule has 0 unspecified atom stereocenters. The van der Waals surface area contributed by atoms with Crippen LogP contribution in [0.15, 0.2) is 111 Å². The summed E-state index contributed by atoms with van der Waals surface area (Å²) in [7, 11) is 1.67. The number of ether oxygens (including phenoxy) is 2. The van der Waals surface area contributed by atoms with Gasteiger partial charge in [-0.1, -0.05) is 89.7 Å². The van der Waals surface area contributed by atoms with Crippen molar-refractivity contribution in [1.29, 1.82) is 0 Å². The fourth-order valence-electron chi connectivity index (χ4n) is 5.84. The molecule has 0 bridgehead atoms. The number of rotatable bonds is 6. The lowest BCUT2D eigenvalue weighted by atomic mass is 9.83. The molecule has 5 nitrogen and oxygen atoms in total. The third kappa shape index (κ3) is 5.16. The molecule has 0 amide bonds. The van der Waals surface area contributed by atoms with Gasteiger partial charge in [0.2, 0.25) is 0 Å². The molecule has 0 saturated carbocycles. The largest absolute Gasteiger partial charge is 0.496 e. The Morgan fingerprint density at radius 2 is 1.79 bits per heavy atom. The minimum absolute atomic E-state index is 0.0692. The molecule has 1 aliphatic heterocycles. The zero-order chi connectivity index (χ0) is 29.5. The average Bonchev–Trinajstić information content (AvgIpc) is 3.34. The van der Waals surface area contributed by atoms with E-state index >= 15 is 0 Å². The van der Waals surface area contributed by atoms with Crippen LogP contribution in [-0.2, 0) is 13.0 Å². The molecule has 0 radical (unpaired) electrons. The summed E-state index contributed by atoms with van der Waals surface area (Å²) in [6.45, 7) is 0.354. The number of aromatic nitrogens is 1. The second-order valence-electron chi connectivity index (χ2n) is 10.4. The van der Waals surface area contributed by atoms with Crippen LogP contribution in [0, 0.1) is 0 Å². The smallest absolute Gasteiger partial charge is 0.271 e. The SMILES string of the molecule is COc1ccccc1[C@H]1C2=C(N=c3s/c(=C\c4ccc(OCc5ccccc5Cl)c(Br)c4)c(=O)n31)c1ccccc1CC2. The molecule has 2 heterocycles. The number of thiazole rings is 1. The first-order valence-electron chi connectivity index (χ1n) is 13.9. The summed E-state index contributed by atoms with van der Waals surface area (Å²) in [6.07, 6.45) is 3.65. The molecule has 1 atom stereocenters. The minimum Gasteiger partial charge on any atom is -0.496 e. The van der Waals surface area contributed by atoms with Crippen molar-refractivity contribution in [2.75, 3.05) is 7.11 Å². The van der Waals surface area contributed by atoms with E-state index in [2.05, 4.69) is 46.3 Å². The van der Waals surface area contributed by atoms with Gasteiger partial charge in [0.05, 0.1) is 27.9 Å². The van der Waals surface area contributed by atoms with Gasteiger partial charge in [0, 0.05) is 21.7 Å². The molecule has 0 fully saturated rings. The van der Waals surface area contributed by atoms with E-state index in [-0.39, 0.29) is 11.6 Å². The third-order valence-corrected chi connectivity index (χ3v) is 9.87. The number of aryl methyl sites for hydroxylation is 1. The molecule has 4 aromatic carbocycles. The average molecular weight is 670 g/mol. The summed E-state index contributed by atoms with van der Waals surface area (Å²) in [5, 5.41) is 0.669. The molecule has 7 rings (SSSR count). The van der Waals surface area contributed by atoms with Gasteiger partial charge in [-0.25, -0.2) is 4.99 Å². The van der Waals surface area contributed by atoms with E-state index in [4.69, 9.17) is 26.1 Å². The van der Waals surface area contributed by atoms with Gasteiger partial charge in [0.15, 0.2) is 4.80 Å². The fraction of sp³-hybridized carbons (Fsp3) is 0.143. The van der Waals surface area contributed by atoms with Gasteiger partial charge in [-0.3, -0.25) is 9.36 Å². The second kappa shape index (κ2) is 11.6. The Hall–Kier alpha value is -3.91. The summed E-state index contributed by atoms with van der Waals surface area (Å²) in [5.74, 6) is 1.45. The number of methoxy groups -OCH3 is 1. The lowest BCUT2D eigenvalue weighted by Crippen LogP contribution is -2.39. The maximum Gasteiger partial charge on any atom is 0.271 e. The number of para-hydroxylation sites is 1. The Morgan fingerprint density at radius 1 is 1.00 bits per heavy atom. The molecule has 0 N–H and O–H groups in total. The van der Waals surface area contributed by atoms with Gasteiger partial charge in [-0.15, -0.1) is 0 Å². The molecule has 1 aliphatic carbocycles. The normalized spacial score (nSPS) is 15.8. The number of nitrogens with zero attached hydrogens (tertiary/aromatic N) is 2. The van der Waals surface area contributed by atoms with Gasteiger partial charge < -0.3 is 9.47 Å². The zero-order valence-electron chi connectivity index (χ0n) is 23.2. The number of fused-ring (bicyclic) bond motifs is 3. The molecule has 0 spiro atoms. The van der Waals surface area contributed by atoms with Gasteiger partial charge in [-0.05, 0) is 75.8 Å². The second-order valence-corrected chi connectivity index (χ2v) is 12.7. The predicted octanol–water partition coefficient (Wildman–Crippen LogP) is 7.32. The molecule has 0 saturated heterocycles. The van der Waals surface area contributed by atoms with E-state index in [1.807, 2.05) is 71.3 Å². The van der Waals surface area contributed by atoms with Crippen molar-refractivity contribution in [2.45, 2.75) is 25.5 Å². The Morgan fingerprint density at radius 3 is 2.63 bits per heavy atom. The van der Waals surface area contributed by atoms with E-state index in [0.29, 0.717) is 26.7 Å². The highest BCUT2D eigenvalue weighted by molar-refractivity contribution is 9.10. The first-order chi connectivity index (χ1) is 21.0. The van der Waals surface area contributed by atoms with E-state index in [0.717, 1.165) is 56.6 Å². The molecule has 5 aromatic rings. The summed E-state index contributed by atoms with van der Waals surface area (Å²) >= 11 is 11.3. The first kappa shape index (κ1) is 27.9. The van der Waals surface area contributed by atoms with Crippen molar-refractivity contribution < 1.29 is 9.47 Å². The molecule has 8 heteroatoms. The summed E-state index contributed by atoms with van der Waals surface area (Å²) in [6, 6.07) is 29.5. The van der Waals surface area contributed by atoms with Crippen LogP contribution in [0.5, 0.6) is 11.5 Å². The van der Waals surface area contributed by atoms with Crippen LogP contribution < -0.4 is 24.4 Å². The van der Waals surface area contributed by atoms with Gasteiger partial charge in [0.25, 0.3) is 5.56 Å². The van der Waals surface area contributed by atoms with Gasteiger partial charge in [0.1, 0.15) is 18.1 Å². The Kier molecular flexibility index (Phi) is 7.55. The standard InChI is InChI=1S/C35H26BrClN2O3S/c1-41-29-13-7-5-11-25(29)33-26-16-15-22-8-2-4-10-24(22)32(26)38-35-39(33)34(40)31(43-35)19-21-14-17-30(27(36)18-21)42-20-23-9-3-6-12-28(23)37/h2-14,17-19,33H,15-16,20H2,1H3/b31-19-/t33-/m0/s1. The highest BCUT2D eigenvalue weighted by atomic mass is 79.9. The first-order valence-corrected chi connectivity index (χ1v) is 15.9. The lowest BCUT2D eigenvalue weighted by Gasteiger charge is -2.31. The topological polar surface area (TPSA) is 52.8 Å². The van der Waals surface area contributed by atoms with Crippen LogP contribution in [0.1, 0.15) is 40.3 Å². The van der Waals surface area contributed by atoms with Gasteiger partial charge in [-0.2, -0.15) is 0 Å². The monoisotopic (exact) mass is 668 g/mol. The number of hydrogen-bond donors (Lipinski definition) is 0. The summed E-state index contributed by atoms with van der Waals surface area (Å²) in [4.78, 5) is 19.9. The number of benzene rings is 4. The van der Waals surface area contributed by atoms with Crippen molar-refractivity contribution in [1.82, 2.24) is 4.57 Å². The highest BCUT2D eigenvalue weighted by Gasteiger charge is 2.34. The van der Waals surface area contributed by atoms with Crippen LogP contribution in [0.25, 0.3) is 11.8 Å². The van der Waals surface area contributed by atoms with E-state index in [9.17, 15) is 4.79 Å². The van der Waals surface area contributed by atoms with Gasteiger partial charge >= 0.3 is 0 Å². The molecule has 43 heavy (non-hydrogen) atoms. The van der Waals surface area contributed by atoms with Crippen LogP contribution in [-0.4, -0.2) is 11.7 Å². The minimum atomic E-state index is -0.301. The number of allylic oxidation sites excluding steroid dienone is 1. The zero-order valence-corrected chi connectivity index (χ0v) is 26.4. The fourth-order valence-corrected chi connectivity index (χ4v) is 7.54. The Bertz CT molecular complexity index is 2100. The maximum atomic E-state index is 14.1. The van der Waals surface area contributed by atoms with Crippen LogP contribution in [0.2, 0.25) is 5.02 Å². The van der Waals surface area contributed by atoms with Crippen LogP contribution in [0.4, 0.5) is 0 Å². The molecular formula is C35H26BrClN2O3S. The Balaban J connectivity index is 1.31. The summed E-state index contributed by atoms with van der Waals surface area (Å²) < 4.78 is 15.1. The van der Waals surface area contributed by atoms with Crippen LogP contribution in [0.3, 0.4) is 0 Å². The van der Waals surface area contributed by atoms with E-state index < -0.39 is 0 Å². The number of halogens is 2. The van der Waals surface area contributed by atoms with Crippen molar-refractivity contribution in [3.63, 3.8) is 0 Å². The van der Waals surface area contributed by atoms with E-state index in [1.165, 1.54) is 16.9 Å². The number of hydrogen-bond acceptors (Lipinski definition) is 5. The van der Waals surface area contributed by atoms with Crippen molar-refractivity contribution in [3.8, 4) is 11.5 Å². The van der Waals surface area contributed by atoms with E-state index in [1.54, 1.807) is 7.11 Å². The molecule has 214 valence electrons. The quantitative estimate of drug-likeness (QED) is 0.190.